The number of hydrogen-bond donors (Lipinski definition) is 0. The molecule has 0 amide bonds. The maximum Gasteiger partial charge on any atom is 0.104 e. The lowest BCUT2D eigenvalue weighted by atomic mass is 10.1. The van der Waals surface area contributed by atoms with Gasteiger partial charge in [-0.05, 0) is 32.1 Å². The van der Waals surface area contributed by atoms with E-state index in [1.54, 1.807) is 0 Å². The van der Waals surface area contributed by atoms with Crippen LogP contribution in [0.1, 0.15) is 71.1 Å². The van der Waals surface area contributed by atoms with Gasteiger partial charge in [-0.15, -0.1) is 0 Å². The Morgan fingerprint density at radius 3 is 1.85 bits per heavy atom. The van der Waals surface area contributed by atoms with Crippen molar-refractivity contribution in [1.82, 2.24) is 0 Å². The Kier molecular flexibility index (Phi) is 11.0. The summed E-state index contributed by atoms with van der Waals surface area (Å²) in [5.41, 5.74) is 0. The number of hydrogen-bond acceptors (Lipinski definition) is 1. The quantitative estimate of drug-likeness (QED) is 0.354. The molecule has 7 heteroatoms. The monoisotopic (exact) mass is 376 g/mol. The summed E-state index contributed by atoms with van der Waals surface area (Å²) >= 11 is 0. The standard InChI is InChI=1S/C13H36OSi6/c1-3-4-5-6-7-8-9-10-11-12-13(14)20(2)18-16-15-17-19-20/h3-12,15-19H2,1-2H3. The van der Waals surface area contributed by atoms with E-state index in [9.17, 15) is 4.79 Å². The van der Waals surface area contributed by atoms with E-state index in [0.29, 0.717) is 42.8 Å². The van der Waals surface area contributed by atoms with E-state index in [0.717, 1.165) is 11.8 Å². The van der Waals surface area contributed by atoms with Crippen molar-refractivity contribution in [3.63, 3.8) is 0 Å². The van der Waals surface area contributed by atoms with Gasteiger partial charge in [0.25, 0.3) is 0 Å². The van der Waals surface area contributed by atoms with Gasteiger partial charge in [-0.3, -0.25) is 0 Å². The van der Waals surface area contributed by atoms with Crippen LogP contribution in [-0.2, 0) is 4.79 Å². The van der Waals surface area contributed by atoms with Crippen molar-refractivity contribution in [2.75, 3.05) is 0 Å². The van der Waals surface area contributed by atoms with Crippen LogP contribution in [0.25, 0.3) is 0 Å². The van der Waals surface area contributed by atoms with Crippen LogP contribution in [0.15, 0.2) is 0 Å². The van der Waals surface area contributed by atoms with Crippen molar-refractivity contribution < 1.29 is 4.79 Å². The van der Waals surface area contributed by atoms with Gasteiger partial charge in [-0.2, -0.15) is 0 Å². The number of unbranched alkanes of at least 4 members (excludes halogenated alkanes) is 8. The zero-order valence-corrected chi connectivity index (χ0v) is 22.1. The van der Waals surface area contributed by atoms with Crippen LogP contribution in [0.3, 0.4) is 0 Å². The summed E-state index contributed by atoms with van der Waals surface area (Å²) in [5.74, 6) is 0. The Bertz CT molecular complexity index is 268. The third-order valence-electron chi connectivity index (χ3n) is 5.14. The molecule has 0 aromatic carbocycles. The molecule has 1 heterocycles. The minimum atomic E-state index is -1.03. The van der Waals surface area contributed by atoms with Gasteiger partial charge in [0.2, 0.25) is 0 Å². The molecule has 0 aromatic rings. The number of carbonyl (C=O) groups is 1. The Morgan fingerprint density at radius 1 is 0.800 bits per heavy atom. The fourth-order valence-corrected chi connectivity index (χ4v) is 249. The molecule has 0 saturated carbocycles. The summed E-state index contributed by atoms with van der Waals surface area (Å²) < 4.78 is 0. The Morgan fingerprint density at radius 2 is 1.30 bits per heavy atom. The van der Waals surface area contributed by atoms with Gasteiger partial charge in [0, 0.05) is 23.5 Å². The summed E-state index contributed by atoms with van der Waals surface area (Å²) in [6, 6.07) is 0. The van der Waals surface area contributed by atoms with Crippen molar-refractivity contribution in [1.29, 1.82) is 0 Å². The Labute approximate surface area is 137 Å². The summed E-state index contributed by atoms with van der Waals surface area (Å²) in [7, 11) is 1.30. The van der Waals surface area contributed by atoms with E-state index < -0.39 is 7.11 Å². The molecule has 0 aromatic heterocycles. The van der Waals surface area contributed by atoms with E-state index in [1.165, 1.54) is 57.8 Å². The molecule has 0 bridgehead atoms. The Hall–Kier alpha value is 0.971. The first-order valence-corrected chi connectivity index (χ1v) is 32.4. The van der Waals surface area contributed by atoms with Crippen molar-refractivity contribution in [2.24, 2.45) is 0 Å². The first-order valence-electron chi connectivity index (χ1n) is 9.22. The molecule has 0 unspecified atom stereocenters. The highest BCUT2D eigenvalue weighted by molar-refractivity contribution is 7.89. The maximum absolute atomic E-state index is 12.5. The van der Waals surface area contributed by atoms with E-state index in [4.69, 9.17) is 0 Å². The summed E-state index contributed by atoms with van der Waals surface area (Å²) in [6.45, 7) is 4.85. The van der Waals surface area contributed by atoms with Crippen LogP contribution >= 0.6 is 0 Å². The second-order valence-corrected chi connectivity index (χ2v) is 63.7. The van der Waals surface area contributed by atoms with Gasteiger partial charge in [0.1, 0.15) is 5.41 Å². The Balaban J connectivity index is 1.96. The average Bonchev–Trinajstić information content (AvgIpc) is 2.46. The largest absolute Gasteiger partial charge is 0.306 e. The molecular formula is C13H36OSi6. The van der Waals surface area contributed by atoms with Crippen molar-refractivity contribution in [3.05, 3.63) is 0 Å². The normalized spacial score (nSPS) is 28.9. The molecule has 1 saturated heterocycles. The fourth-order valence-electron chi connectivity index (χ4n) is 3.51. The van der Waals surface area contributed by atoms with Crippen LogP contribution in [0, 0.1) is 0 Å². The molecule has 1 aliphatic heterocycles. The first kappa shape index (κ1) is 19.0. The second-order valence-electron chi connectivity index (χ2n) is 7.12. The molecule has 1 aliphatic rings. The van der Waals surface area contributed by atoms with Gasteiger partial charge < -0.3 is 4.79 Å². The van der Waals surface area contributed by atoms with Crippen LogP contribution in [0.2, 0.25) is 6.55 Å². The van der Waals surface area contributed by atoms with Crippen molar-refractivity contribution in [3.8, 4) is 0 Å². The SMILES string of the molecule is CCCCCCCCCCCC(=O)[Si]1(C)[SiH2][SiH2][SiH2][SiH2][SiH2]1. The van der Waals surface area contributed by atoms with E-state index >= 15 is 0 Å². The van der Waals surface area contributed by atoms with Crippen LogP contribution in [0.4, 0.5) is 0 Å². The highest BCUT2D eigenvalue weighted by Gasteiger charge is 2.36. The number of carbonyl (C=O) groups excluding carboxylic acids is 1. The van der Waals surface area contributed by atoms with Gasteiger partial charge in [-0.25, -0.2) is 0 Å². The molecule has 118 valence electrons. The highest BCUT2D eigenvalue weighted by Crippen LogP contribution is 2.13. The number of rotatable bonds is 11. The molecular weight excluding hydrogens is 341 g/mol. The second kappa shape index (κ2) is 11.5. The first-order chi connectivity index (χ1) is 9.69. The third-order valence-corrected chi connectivity index (χ3v) is 125. The van der Waals surface area contributed by atoms with Crippen molar-refractivity contribution >= 4 is 55.3 Å². The fraction of sp³-hybridized carbons (Fsp3) is 0.923. The predicted octanol–water partition coefficient (Wildman–Crippen LogP) is -0.395. The zero-order chi connectivity index (χ0) is 14.7. The zero-order valence-electron chi connectivity index (χ0n) is 14.0. The van der Waals surface area contributed by atoms with Gasteiger partial charge >= 0.3 is 0 Å². The van der Waals surface area contributed by atoms with E-state index in [1.807, 2.05) is 0 Å². The molecule has 1 rings (SSSR count). The lowest BCUT2D eigenvalue weighted by Crippen LogP contribution is -2.63. The average molecular weight is 377 g/mol. The van der Waals surface area contributed by atoms with Crippen molar-refractivity contribution in [2.45, 2.75) is 77.7 Å². The molecule has 0 radical (unpaired) electrons. The molecule has 0 atom stereocenters. The summed E-state index contributed by atoms with van der Waals surface area (Å²) in [6.07, 6.45) is 13.5. The van der Waals surface area contributed by atoms with Gasteiger partial charge in [0.15, 0.2) is 0 Å². The van der Waals surface area contributed by atoms with Gasteiger partial charge in [-0.1, -0.05) is 64.8 Å². The predicted molar refractivity (Wildman–Crippen MR) is 111 cm³/mol. The van der Waals surface area contributed by atoms with Crippen LogP contribution in [0.5, 0.6) is 0 Å². The third kappa shape index (κ3) is 7.83. The van der Waals surface area contributed by atoms with E-state index in [-0.39, 0.29) is 0 Å². The summed E-state index contributed by atoms with van der Waals surface area (Å²) in [4.78, 5) is 12.5. The lowest BCUT2D eigenvalue weighted by molar-refractivity contribution is -0.112. The molecule has 1 nitrogen and oxygen atoms in total. The molecule has 1 fully saturated rings. The maximum atomic E-state index is 12.5. The lowest BCUT2D eigenvalue weighted by Gasteiger charge is -2.28. The highest BCUT2D eigenvalue weighted by atomic mass is 30.1. The van der Waals surface area contributed by atoms with Gasteiger partial charge in [0.05, 0.1) is 7.11 Å². The molecule has 0 spiro atoms. The molecule has 0 N–H and O–H groups in total. The minimum Gasteiger partial charge on any atom is -0.306 e. The molecule has 20 heavy (non-hydrogen) atoms. The smallest absolute Gasteiger partial charge is 0.104 e. The van der Waals surface area contributed by atoms with Crippen LogP contribution < -0.4 is 0 Å². The summed E-state index contributed by atoms with van der Waals surface area (Å²) in [5, 5.41) is 0.910. The van der Waals surface area contributed by atoms with Crippen LogP contribution in [-0.4, -0.2) is 55.3 Å². The topological polar surface area (TPSA) is 17.1 Å². The molecule has 0 aliphatic carbocycles. The van der Waals surface area contributed by atoms with E-state index in [2.05, 4.69) is 13.5 Å². The minimum absolute atomic E-state index is 0.309.